The second kappa shape index (κ2) is 8.02. The minimum atomic E-state index is -0.592. The van der Waals surface area contributed by atoms with E-state index in [1.807, 2.05) is 50.4 Å². The van der Waals surface area contributed by atoms with Gasteiger partial charge in [0.25, 0.3) is 5.91 Å². The second-order valence-corrected chi connectivity index (χ2v) is 10.6. The Morgan fingerprint density at radius 2 is 1.97 bits per heavy atom. The first kappa shape index (κ1) is 21.7. The van der Waals surface area contributed by atoms with E-state index in [0.29, 0.717) is 30.0 Å². The Labute approximate surface area is 196 Å². The van der Waals surface area contributed by atoms with Crippen LogP contribution < -0.4 is 14.8 Å². The highest BCUT2D eigenvalue weighted by Gasteiger charge is 2.58. The summed E-state index contributed by atoms with van der Waals surface area (Å²) in [6.45, 7) is 4.54. The maximum absolute atomic E-state index is 13.5. The zero-order chi connectivity index (χ0) is 23.3. The molecule has 0 aliphatic carbocycles. The number of nitrogens with zero attached hydrogens (tertiary/aromatic N) is 1. The molecule has 172 valence electrons. The van der Waals surface area contributed by atoms with Crippen LogP contribution in [-0.4, -0.2) is 53.3 Å². The number of carbonyl (C=O) groups is 2. The Balaban J connectivity index is 1.37. The van der Waals surface area contributed by atoms with Crippen LogP contribution >= 0.6 is 11.8 Å². The van der Waals surface area contributed by atoms with Gasteiger partial charge in [0.15, 0.2) is 11.5 Å². The largest absolute Gasteiger partial charge is 0.493 e. The zero-order valence-corrected chi connectivity index (χ0v) is 19.9. The predicted molar refractivity (Wildman–Crippen MR) is 129 cm³/mol. The number of aromatic amines is 1. The SMILES string of the molecule is COc1ccc2c(c1OC)C(=O)N1C2SC(C)(C)C1C(=O)NCCc1c[nH]c2ccccc12. The molecule has 3 aromatic rings. The summed E-state index contributed by atoms with van der Waals surface area (Å²) in [7, 11) is 3.08. The van der Waals surface area contributed by atoms with Crippen molar-refractivity contribution in [3.63, 3.8) is 0 Å². The van der Waals surface area contributed by atoms with E-state index < -0.39 is 10.8 Å². The number of H-pyrrole nitrogens is 1. The van der Waals surface area contributed by atoms with E-state index in [2.05, 4.69) is 16.4 Å². The molecule has 5 rings (SSSR count). The number of hydrogen-bond donors (Lipinski definition) is 2. The molecule has 2 aromatic carbocycles. The van der Waals surface area contributed by atoms with Crippen LogP contribution in [0.5, 0.6) is 11.5 Å². The number of methoxy groups -OCH3 is 2. The van der Waals surface area contributed by atoms with Gasteiger partial charge in [-0.05, 0) is 38.0 Å². The van der Waals surface area contributed by atoms with Crippen LogP contribution in [0.4, 0.5) is 0 Å². The smallest absolute Gasteiger partial charge is 0.260 e. The molecule has 7 nitrogen and oxygen atoms in total. The molecule has 0 spiro atoms. The monoisotopic (exact) mass is 465 g/mol. The van der Waals surface area contributed by atoms with Gasteiger partial charge in [0.1, 0.15) is 11.4 Å². The number of rotatable bonds is 6. The standard InChI is InChI=1S/C25H27N3O4S/c1-25(2)21(22(29)26-12-11-14-13-27-17-8-6-5-7-15(14)17)28-23(30)19-16(24(28)33-25)9-10-18(31-3)20(19)32-4/h5-10,13,21,24,27H,11-12H2,1-4H3,(H,26,29). The minimum absolute atomic E-state index is 0.137. The third-order valence-electron chi connectivity index (χ3n) is 6.51. The van der Waals surface area contributed by atoms with Gasteiger partial charge in [-0.2, -0.15) is 0 Å². The highest BCUT2D eigenvalue weighted by molar-refractivity contribution is 8.01. The van der Waals surface area contributed by atoms with Gasteiger partial charge >= 0.3 is 0 Å². The van der Waals surface area contributed by atoms with Crippen LogP contribution in [-0.2, 0) is 11.2 Å². The Kier molecular flexibility index (Phi) is 5.28. The summed E-state index contributed by atoms with van der Waals surface area (Å²) in [6, 6.07) is 11.2. The van der Waals surface area contributed by atoms with Crippen molar-refractivity contribution in [2.45, 2.75) is 36.4 Å². The number of carbonyl (C=O) groups excluding carboxylic acids is 2. The highest BCUT2D eigenvalue weighted by Crippen LogP contribution is 2.58. The molecule has 33 heavy (non-hydrogen) atoms. The van der Waals surface area contributed by atoms with Crippen LogP contribution in [0.3, 0.4) is 0 Å². The second-order valence-electron chi connectivity index (χ2n) is 8.85. The quantitative estimate of drug-likeness (QED) is 0.577. The predicted octanol–water partition coefficient (Wildman–Crippen LogP) is 3.89. The van der Waals surface area contributed by atoms with E-state index in [1.54, 1.807) is 23.8 Å². The summed E-state index contributed by atoms with van der Waals surface area (Å²) in [6.07, 6.45) is 2.70. The summed E-state index contributed by atoms with van der Waals surface area (Å²) in [5.41, 5.74) is 3.59. The van der Waals surface area contributed by atoms with Crippen molar-refractivity contribution in [2.75, 3.05) is 20.8 Å². The molecule has 2 N–H and O–H groups in total. The first-order valence-corrected chi connectivity index (χ1v) is 11.8. The van der Waals surface area contributed by atoms with Crippen molar-refractivity contribution in [1.29, 1.82) is 0 Å². The highest BCUT2D eigenvalue weighted by atomic mass is 32.2. The molecule has 2 amide bonds. The van der Waals surface area contributed by atoms with E-state index >= 15 is 0 Å². The number of hydrogen-bond acceptors (Lipinski definition) is 5. The average Bonchev–Trinajstić information content (AvgIpc) is 3.42. The van der Waals surface area contributed by atoms with Crippen molar-refractivity contribution in [1.82, 2.24) is 15.2 Å². The lowest BCUT2D eigenvalue weighted by Crippen LogP contribution is -2.52. The number of ether oxygens (including phenoxy) is 2. The van der Waals surface area contributed by atoms with E-state index in [4.69, 9.17) is 9.47 Å². The molecule has 1 saturated heterocycles. The molecular weight excluding hydrogens is 438 g/mol. The van der Waals surface area contributed by atoms with Gasteiger partial charge in [-0.1, -0.05) is 24.3 Å². The van der Waals surface area contributed by atoms with E-state index in [0.717, 1.165) is 22.0 Å². The zero-order valence-electron chi connectivity index (χ0n) is 19.1. The average molecular weight is 466 g/mol. The van der Waals surface area contributed by atoms with Crippen LogP contribution in [0.1, 0.15) is 40.7 Å². The summed E-state index contributed by atoms with van der Waals surface area (Å²) in [4.78, 5) is 31.9. The van der Waals surface area contributed by atoms with Gasteiger partial charge < -0.3 is 24.7 Å². The number of thioether (sulfide) groups is 1. The Morgan fingerprint density at radius 1 is 1.18 bits per heavy atom. The number of aromatic nitrogens is 1. The first-order valence-electron chi connectivity index (χ1n) is 11.0. The Hall–Kier alpha value is -3.13. The molecule has 2 aliphatic rings. The lowest BCUT2D eigenvalue weighted by atomic mass is 10.0. The number of nitrogens with one attached hydrogen (secondary N) is 2. The van der Waals surface area contributed by atoms with Gasteiger partial charge in [-0.15, -0.1) is 11.8 Å². The molecule has 3 heterocycles. The van der Waals surface area contributed by atoms with E-state index in [-0.39, 0.29) is 17.2 Å². The summed E-state index contributed by atoms with van der Waals surface area (Å²) in [5.74, 6) is 0.601. The lowest BCUT2D eigenvalue weighted by Gasteiger charge is -2.29. The molecule has 0 bridgehead atoms. The molecule has 8 heteroatoms. The van der Waals surface area contributed by atoms with E-state index in [9.17, 15) is 9.59 Å². The number of amides is 2. The molecule has 1 aromatic heterocycles. The van der Waals surface area contributed by atoms with Crippen LogP contribution in [0, 0.1) is 0 Å². The molecule has 2 atom stereocenters. The van der Waals surface area contributed by atoms with E-state index in [1.165, 1.54) is 7.11 Å². The number of benzene rings is 2. The van der Waals surface area contributed by atoms with Crippen LogP contribution in [0.2, 0.25) is 0 Å². The summed E-state index contributed by atoms with van der Waals surface area (Å²) >= 11 is 1.63. The van der Waals surface area contributed by atoms with Gasteiger partial charge in [0, 0.05) is 34.0 Å². The van der Waals surface area contributed by atoms with Crippen molar-refractivity contribution in [3.8, 4) is 11.5 Å². The van der Waals surface area contributed by atoms with Crippen LogP contribution in [0.15, 0.2) is 42.6 Å². The third-order valence-corrected chi connectivity index (χ3v) is 8.05. The summed E-state index contributed by atoms with van der Waals surface area (Å²) in [5, 5.41) is 4.01. The minimum Gasteiger partial charge on any atom is -0.493 e. The molecule has 0 radical (unpaired) electrons. The van der Waals surface area contributed by atoms with Gasteiger partial charge in [-0.25, -0.2) is 0 Å². The molecule has 1 fully saturated rings. The van der Waals surface area contributed by atoms with Crippen molar-refractivity contribution < 1.29 is 19.1 Å². The van der Waals surface area contributed by atoms with Crippen molar-refractivity contribution in [3.05, 3.63) is 59.3 Å². The van der Waals surface area contributed by atoms with Crippen LogP contribution in [0.25, 0.3) is 10.9 Å². The van der Waals surface area contributed by atoms with Gasteiger partial charge in [0.2, 0.25) is 5.91 Å². The summed E-state index contributed by atoms with van der Waals surface area (Å²) < 4.78 is 10.5. The van der Waals surface area contributed by atoms with Gasteiger partial charge in [-0.3, -0.25) is 9.59 Å². The fraction of sp³-hybridized carbons (Fsp3) is 0.360. The number of fused-ring (bicyclic) bond motifs is 4. The molecule has 2 aliphatic heterocycles. The van der Waals surface area contributed by atoms with Gasteiger partial charge in [0.05, 0.1) is 19.8 Å². The van der Waals surface area contributed by atoms with Crippen molar-refractivity contribution >= 4 is 34.5 Å². The maximum atomic E-state index is 13.5. The topological polar surface area (TPSA) is 83.7 Å². The Morgan fingerprint density at radius 3 is 2.73 bits per heavy atom. The maximum Gasteiger partial charge on any atom is 0.260 e. The normalized spacial score (nSPS) is 20.6. The molecule has 0 saturated carbocycles. The van der Waals surface area contributed by atoms with Crippen molar-refractivity contribution in [2.24, 2.45) is 0 Å². The molecule has 2 unspecified atom stereocenters. The lowest BCUT2D eigenvalue weighted by molar-refractivity contribution is -0.126. The number of para-hydroxylation sites is 1. The molecular formula is C25H27N3O4S. The third kappa shape index (κ3) is 3.35. The fourth-order valence-corrected chi connectivity index (χ4v) is 6.59. The fourth-order valence-electron chi connectivity index (χ4n) is 5.01. The Bertz CT molecular complexity index is 1250. The first-order chi connectivity index (χ1) is 15.9.